The molecule has 2 bridgehead atoms. The third kappa shape index (κ3) is 3.26. The number of hydrogen-bond acceptors (Lipinski definition) is 4. The summed E-state index contributed by atoms with van der Waals surface area (Å²) in [6.07, 6.45) is 3.33. The lowest BCUT2D eigenvalue weighted by atomic mass is 9.58. The summed E-state index contributed by atoms with van der Waals surface area (Å²) < 4.78 is 11.3. The van der Waals surface area contributed by atoms with Gasteiger partial charge in [-0.1, -0.05) is 26.0 Å². The largest absolute Gasteiger partial charge is 0.478 e. The monoisotopic (exact) mass is 401 g/mol. The summed E-state index contributed by atoms with van der Waals surface area (Å²) in [7, 11) is 1.61. The van der Waals surface area contributed by atoms with E-state index in [9.17, 15) is 14.7 Å². The van der Waals surface area contributed by atoms with Crippen LogP contribution in [0.1, 0.15) is 61.6 Å². The van der Waals surface area contributed by atoms with Crippen molar-refractivity contribution in [3.8, 4) is 0 Å². The average Bonchev–Trinajstić information content (AvgIpc) is 3.19. The number of aromatic carboxylic acids is 1. The summed E-state index contributed by atoms with van der Waals surface area (Å²) in [6, 6.07) is 7.23. The van der Waals surface area contributed by atoms with E-state index in [1.165, 1.54) is 0 Å². The van der Waals surface area contributed by atoms with Crippen molar-refractivity contribution in [1.82, 2.24) is 5.32 Å². The van der Waals surface area contributed by atoms with E-state index in [4.69, 9.17) is 9.47 Å². The van der Waals surface area contributed by atoms with E-state index < -0.39 is 5.97 Å². The molecule has 29 heavy (non-hydrogen) atoms. The quantitative estimate of drug-likeness (QED) is 0.763. The number of fused-ring (bicyclic) bond motifs is 1. The number of carbonyl (C=O) groups is 2. The topological polar surface area (TPSA) is 84.9 Å². The number of carboxylic acids is 1. The summed E-state index contributed by atoms with van der Waals surface area (Å²) in [4.78, 5) is 24.0. The molecule has 3 aliphatic rings. The van der Waals surface area contributed by atoms with Crippen molar-refractivity contribution in [2.24, 2.45) is 22.7 Å². The Labute approximate surface area is 172 Å². The Bertz CT molecular complexity index is 806. The van der Waals surface area contributed by atoms with Gasteiger partial charge in [0, 0.05) is 26.2 Å². The van der Waals surface area contributed by atoms with Crippen LogP contribution in [-0.4, -0.2) is 43.3 Å². The summed E-state index contributed by atoms with van der Waals surface area (Å²) >= 11 is 0. The molecule has 1 aromatic carbocycles. The van der Waals surface area contributed by atoms with Gasteiger partial charge in [-0.25, -0.2) is 4.79 Å². The highest BCUT2D eigenvalue weighted by molar-refractivity contribution is 5.87. The molecule has 1 aliphatic heterocycles. The van der Waals surface area contributed by atoms with Gasteiger partial charge in [-0.2, -0.15) is 0 Å². The van der Waals surface area contributed by atoms with E-state index >= 15 is 0 Å². The molecule has 2 saturated carbocycles. The van der Waals surface area contributed by atoms with Gasteiger partial charge in [0.2, 0.25) is 5.91 Å². The number of benzene rings is 1. The second kappa shape index (κ2) is 7.40. The Hall–Kier alpha value is -1.92. The van der Waals surface area contributed by atoms with Gasteiger partial charge >= 0.3 is 5.97 Å². The molecule has 6 nitrogen and oxygen atoms in total. The van der Waals surface area contributed by atoms with E-state index in [0.717, 1.165) is 24.8 Å². The standard InChI is InChI=1S/C23H31NO5/c1-22(2)16-12-17-19(14-5-4-6-15(11-14)20(26)27)29-10-8-23(17,13-16)21(22)24-18(25)7-9-28-3/h4-6,11,16-17,19,21H,7-10,12-13H2,1-3H3,(H,24,25)(H,26,27)/t16-,17-,19-,21+,23-/m1/s1. The number of methoxy groups -OCH3 is 1. The summed E-state index contributed by atoms with van der Waals surface area (Å²) in [5.74, 6) is -0.0747. The van der Waals surface area contributed by atoms with Gasteiger partial charge in [-0.05, 0) is 59.6 Å². The number of carbonyl (C=O) groups excluding carboxylic acids is 1. The van der Waals surface area contributed by atoms with Gasteiger partial charge in [-0.15, -0.1) is 0 Å². The van der Waals surface area contributed by atoms with Gasteiger partial charge in [0.25, 0.3) is 0 Å². The molecule has 1 amide bonds. The molecule has 2 N–H and O–H groups in total. The number of rotatable bonds is 6. The van der Waals surface area contributed by atoms with Gasteiger partial charge in [0.15, 0.2) is 0 Å². The smallest absolute Gasteiger partial charge is 0.335 e. The van der Waals surface area contributed by atoms with Crippen LogP contribution in [0.3, 0.4) is 0 Å². The Morgan fingerprint density at radius 2 is 2.14 bits per heavy atom. The zero-order valence-corrected chi connectivity index (χ0v) is 17.4. The number of carboxylic acid groups (broad SMARTS) is 1. The van der Waals surface area contributed by atoms with Gasteiger partial charge in [-0.3, -0.25) is 4.79 Å². The molecular formula is C23H31NO5. The zero-order valence-electron chi connectivity index (χ0n) is 17.4. The highest BCUT2D eigenvalue weighted by Gasteiger charge is 2.68. The lowest BCUT2D eigenvalue weighted by molar-refractivity contribution is -0.137. The summed E-state index contributed by atoms with van der Waals surface area (Å²) in [5.41, 5.74) is 1.26. The van der Waals surface area contributed by atoms with Crippen molar-refractivity contribution >= 4 is 11.9 Å². The second-order valence-electron chi connectivity index (χ2n) is 9.51. The molecule has 4 rings (SSSR count). The fourth-order valence-corrected chi connectivity index (χ4v) is 6.39. The average molecular weight is 402 g/mol. The zero-order chi connectivity index (χ0) is 20.8. The first kappa shape index (κ1) is 20.4. The first-order valence-electron chi connectivity index (χ1n) is 10.5. The fraction of sp³-hybridized carbons (Fsp3) is 0.652. The van der Waals surface area contributed by atoms with E-state index in [2.05, 4.69) is 19.2 Å². The molecule has 2 aliphatic carbocycles. The summed E-state index contributed by atoms with van der Waals surface area (Å²) in [5, 5.41) is 12.7. The molecule has 1 heterocycles. The highest BCUT2D eigenvalue weighted by Crippen LogP contribution is 2.70. The Morgan fingerprint density at radius 3 is 2.86 bits per heavy atom. The molecule has 6 heteroatoms. The molecule has 1 spiro atoms. The number of amides is 1. The molecule has 3 fully saturated rings. The van der Waals surface area contributed by atoms with Crippen LogP contribution in [0, 0.1) is 22.7 Å². The normalized spacial score (nSPS) is 34.6. The molecular weight excluding hydrogens is 370 g/mol. The van der Waals surface area contributed by atoms with E-state index in [1.54, 1.807) is 25.3 Å². The van der Waals surface area contributed by atoms with E-state index in [-0.39, 0.29) is 34.8 Å². The van der Waals surface area contributed by atoms with Gasteiger partial charge in [0.05, 0.1) is 18.3 Å². The number of hydrogen-bond donors (Lipinski definition) is 2. The molecule has 1 aromatic rings. The van der Waals surface area contributed by atoms with Crippen molar-refractivity contribution in [3.05, 3.63) is 35.4 Å². The lowest BCUT2D eigenvalue weighted by Gasteiger charge is -2.53. The number of nitrogens with one attached hydrogen (secondary N) is 1. The minimum absolute atomic E-state index is 0.000949. The van der Waals surface area contributed by atoms with Crippen LogP contribution < -0.4 is 5.32 Å². The second-order valence-corrected chi connectivity index (χ2v) is 9.51. The van der Waals surface area contributed by atoms with Crippen LogP contribution in [0.2, 0.25) is 0 Å². The maximum Gasteiger partial charge on any atom is 0.335 e. The van der Waals surface area contributed by atoms with Crippen LogP contribution in [0.5, 0.6) is 0 Å². The van der Waals surface area contributed by atoms with Crippen molar-refractivity contribution in [2.75, 3.05) is 20.3 Å². The van der Waals surface area contributed by atoms with E-state index in [1.807, 2.05) is 6.07 Å². The molecule has 5 atom stereocenters. The number of ether oxygens (including phenoxy) is 2. The third-order valence-corrected chi connectivity index (χ3v) is 7.81. The van der Waals surface area contributed by atoms with Crippen LogP contribution in [-0.2, 0) is 14.3 Å². The van der Waals surface area contributed by atoms with Crippen LogP contribution in [0.25, 0.3) is 0 Å². The minimum atomic E-state index is -0.922. The van der Waals surface area contributed by atoms with Crippen LogP contribution in [0.4, 0.5) is 0 Å². The molecule has 0 radical (unpaired) electrons. The Kier molecular flexibility index (Phi) is 5.20. The van der Waals surface area contributed by atoms with Crippen molar-refractivity contribution < 1.29 is 24.2 Å². The predicted molar refractivity (Wildman–Crippen MR) is 108 cm³/mol. The summed E-state index contributed by atoms with van der Waals surface area (Å²) in [6.45, 7) is 5.61. The van der Waals surface area contributed by atoms with Crippen molar-refractivity contribution in [3.63, 3.8) is 0 Å². The lowest BCUT2D eigenvalue weighted by Crippen LogP contribution is -2.59. The SMILES string of the molecule is COCCC(=O)N[C@H]1C(C)(C)[C@@H]2C[C@@H]3[C@@H](c4cccc(C(=O)O)c4)OCC[C@@]31C2. The van der Waals surface area contributed by atoms with Crippen molar-refractivity contribution in [2.45, 2.75) is 51.7 Å². The Morgan fingerprint density at radius 1 is 1.34 bits per heavy atom. The predicted octanol–water partition coefficient (Wildman–Crippen LogP) is 3.42. The maximum atomic E-state index is 12.6. The highest BCUT2D eigenvalue weighted by atomic mass is 16.5. The first-order chi connectivity index (χ1) is 13.8. The van der Waals surface area contributed by atoms with Crippen LogP contribution in [0.15, 0.2) is 24.3 Å². The van der Waals surface area contributed by atoms with Crippen molar-refractivity contribution in [1.29, 1.82) is 0 Å². The minimum Gasteiger partial charge on any atom is -0.478 e. The third-order valence-electron chi connectivity index (χ3n) is 7.81. The molecule has 0 unspecified atom stereocenters. The fourth-order valence-electron chi connectivity index (χ4n) is 6.39. The Balaban J connectivity index is 1.64. The molecule has 0 aromatic heterocycles. The van der Waals surface area contributed by atoms with Gasteiger partial charge in [0.1, 0.15) is 0 Å². The molecule has 158 valence electrons. The first-order valence-corrected chi connectivity index (χ1v) is 10.5. The molecule has 1 saturated heterocycles. The van der Waals surface area contributed by atoms with E-state index in [0.29, 0.717) is 31.1 Å². The van der Waals surface area contributed by atoms with Crippen LogP contribution >= 0.6 is 0 Å². The maximum absolute atomic E-state index is 12.6. The van der Waals surface area contributed by atoms with Gasteiger partial charge < -0.3 is 19.9 Å².